The zero-order valence-electron chi connectivity index (χ0n) is 18.6. The lowest BCUT2D eigenvalue weighted by Crippen LogP contribution is -2.29. The molecule has 0 N–H and O–H groups in total. The molecule has 2 aromatic carbocycles. The Morgan fingerprint density at radius 3 is 2.66 bits per heavy atom. The largest absolute Gasteiger partial charge is 0.493 e. The van der Waals surface area contributed by atoms with Gasteiger partial charge < -0.3 is 18.6 Å². The molecule has 6 nitrogen and oxygen atoms in total. The third-order valence-corrected chi connectivity index (χ3v) is 5.64. The van der Waals surface area contributed by atoms with Gasteiger partial charge in [0.05, 0.1) is 24.3 Å². The van der Waals surface area contributed by atoms with Crippen molar-refractivity contribution >= 4 is 5.97 Å². The van der Waals surface area contributed by atoms with Crippen LogP contribution in [0.1, 0.15) is 36.8 Å². The number of aryl methyl sites for hydroxylation is 1. The molecular formula is C26H29NO5. The van der Waals surface area contributed by atoms with Gasteiger partial charge in [-0.05, 0) is 56.5 Å². The molecule has 0 aliphatic carbocycles. The maximum atomic E-state index is 12.3. The van der Waals surface area contributed by atoms with E-state index in [9.17, 15) is 4.79 Å². The fourth-order valence-electron chi connectivity index (χ4n) is 3.80. The van der Waals surface area contributed by atoms with Crippen molar-refractivity contribution in [3.8, 4) is 17.2 Å². The maximum absolute atomic E-state index is 12.3. The SMILES string of the molecule is Cc1oc(-c2ccccc2)nc1CCOc1ccc(COC(=O)C2CCOC(C)C2)cc1. The summed E-state index contributed by atoms with van der Waals surface area (Å²) in [5.41, 5.74) is 2.80. The van der Waals surface area contributed by atoms with Crippen LogP contribution in [-0.2, 0) is 27.3 Å². The highest BCUT2D eigenvalue weighted by molar-refractivity contribution is 5.72. The molecule has 6 heteroatoms. The maximum Gasteiger partial charge on any atom is 0.309 e. The second-order valence-electron chi connectivity index (χ2n) is 8.14. The van der Waals surface area contributed by atoms with Crippen LogP contribution in [0, 0.1) is 12.8 Å². The summed E-state index contributed by atoms with van der Waals surface area (Å²) in [6, 6.07) is 17.5. The van der Waals surface area contributed by atoms with Crippen LogP contribution in [0.2, 0.25) is 0 Å². The molecule has 168 valence electrons. The van der Waals surface area contributed by atoms with Crippen molar-refractivity contribution in [1.82, 2.24) is 4.98 Å². The summed E-state index contributed by atoms with van der Waals surface area (Å²) in [6.07, 6.45) is 2.23. The predicted molar refractivity (Wildman–Crippen MR) is 120 cm³/mol. The Morgan fingerprint density at radius 1 is 1.12 bits per heavy atom. The number of ether oxygens (including phenoxy) is 3. The van der Waals surface area contributed by atoms with Gasteiger partial charge in [-0.2, -0.15) is 0 Å². The Hall–Kier alpha value is -3.12. The quantitative estimate of drug-likeness (QED) is 0.457. The zero-order chi connectivity index (χ0) is 22.3. The minimum absolute atomic E-state index is 0.0660. The fraction of sp³-hybridized carbons (Fsp3) is 0.385. The normalized spacial score (nSPS) is 18.3. The summed E-state index contributed by atoms with van der Waals surface area (Å²) in [5.74, 6) is 2.00. The summed E-state index contributed by atoms with van der Waals surface area (Å²) in [7, 11) is 0. The molecular weight excluding hydrogens is 406 g/mol. The molecule has 0 bridgehead atoms. The molecule has 0 radical (unpaired) electrons. The van der Waals surface area contributed by atoms with Gasteiger partial charge in [-0.3, -0.25) is 4.79 Å². The van der Waals surface area contributed by atoms with Crippen molar-refractivity contribution in [2.75, 3.05) is 13.2 Å². The lowest BCUT2D eigenvalue weighted by molar-refractivity contribution is -0.154. The molecule has 1 aliphatic rings. The predicted octanol–water partition coefficient (Wildman–Crippen LogP) is 5.13. The molecule has 0 saturated carbocycles. The number of hydrogen-bond donors (Lipinski definition) is 0. The lowest BCUT2D eigenvalue weighted by atomic mass is 9.96. The Morgan fingerprint density at radius 2 is 1.91 bits per heavy atom. The summed E-state index contributed by atoms with van der Waals surface area (Å²) >= 11 is 0. The number of carbonyl (C=O) groups excluding carboxylic acids is 1. The van der Waals surface area contributed by atoms with Gasteiger partial charge >= 0.3 is 5.97 Å². The molecule has 2 atom stereocenters. The standard InChI is InChI=1S/C26H29NO5/c1-18-16-22(12-14-29-18)26(28)31-17-20-8-10-23(11-9-20)30-15-13-24-19(2)32-25(27-24)21-6-4-3-5-7-21/h3-11,18,22H,12-17H2,1-2H3. The van der Waals surface area contributed by atoms with E-state index in [0.29, 0.717) is 25.5 Å². The minimum atomic E-state index is -0.140. The van der Waals surface area contributed by atoms with E-state index in [2.05, 4.69) is 4.98 Å². The molecule has 0 spiro atoms. The Kier molecular flexibility index (Phi) is 7.22. The molecule has 1 aromatic heterocycles. The number of oxazole rings is 1. The van der Waals surface area contributed by atoms with E-state index in [1.807, 2.05) is 68.4 Å². The van der Waals surface area contributed by atoms with Crippen LogP contribution in [0.4, 0.5) is 0 Å². The van der Waals surface area contributed by atoms with Gasteiger partial charge in [0.1, 0.15) is 18.1 Å². The Balaban J connectivity index is 1.23. The second-order valence-corrected chi connectivity index (χ2v) is 8.14. The highest BCUT2D eigenvalue weighted by Gasteiger charge is 2.26. The molecule has 32 heavy (non-hydrogen) atoms. The summed E-state index contributed by atoms with van der Waals surface area (Å²) in [6.45, 7) is 5.30. The average Bonchev–Trinajstić information content (AvgIpc) is 3.19. The monoisotopic (exact) mass is 435 g/mol. The van der Waals surface area contributed by atoms with Crippen LogP contribution < -0.4 is 4.74 Å². The number of rotatable bonds is 8. The summed E-state index contributed by atoms with van der Waals surface area (Å²) in [4.78, 5) is 16.9. The smallest absolute Gasteiger partial charge is 0.309 e. The first kappa shape index (κ1) is 22.1. The van der Waals surface area contributed by atoms with E-state index in [-0.39, 0.29) is 24.6 Å². The van der Waals surface area contributed by atoms with Crippen molar-refractivity contribution in [3.05, 3.63) is 71.6 Å². The molecule has 4 rings (SSSR count). The van der Waals surface area contributed by atoms with E-state index >= 15 is 0 Å². The summed E-state index contributed by atoms with van der Waals surface area (Å²) in [5, 5.41) is 0. The summed E-state index contributed by atoms with van der Waals surface area (Å²) < 4.78 is 22.6. The van der Waals surface area contributed by atoms with E-state index < -0.39 is 0 Å². The van der Waals surface area contributed by atoms with Crippen molar-refractivity contribution < 1.29 is 23.4 Å². The second kappa shape index (κ2) is 10.5. The van der Waals surface area contributed by atoms with Gasteiger partial charge in [0.2, 0.25) is 5.89 Å². The number of esters is 1. The molecule has 2 unspecified atom stereocenters. The van der Waals surface area contributed by atoms with Gasteiger partial charge in [0.15, 0.2) is 0 Å². The van der Waals surface area contributed by atoms with Gasteiger partial charge in [-0.15, -0.1) is 0 Å². The Labute approximate surface area is 188 Å². The molecule has 3 aromatic rings. The van der Waals surface area contributed by atoms with Crippen LogP contribution in [0.3, 0.4) is 0 Å². The van der Waals surface area contributed by atoms with Crippen LogP contribution >= 0.6 is 0 Å². The van der Waals surface area contributed by atoms with Gasteiger partial charge in [0, 0.05) is 18.6 Å². The van der Waals surface area contributed by atoms with E-state index in [1.165, 1.54) is 0 Å². The van der Waals surface area contributed by atoms with Crippen LogP contribution in [0.15, 0.2) is 59.0 Å². The molecule has 2 heterocycles. The lowest BCUT2D eigenvalue weighted by Gasteiger charge is -2.25. The van der Waals surface area contributed by atoms with Gasteiger partial charge in [0.25, 0.3) is 0 Å². The number of hydrogen-bond acceptors (Lipinski definition) is 6. The fourth-order valence-corrected chi connectivity index (χ4v) is 3.80. The first-order valence-corrected chi connectivity index (χ1v) is 11.1. The third kappa shape index (κ3) is 5.77. The van der Waals surface area contributed by atoms with Gasteiger partial charge in [-0.25, -0.2) is 4.98 Å². The topological polar surface area (TPSA) is 70.8 Å². The average molecular weight is 436 g/mol. The minimum Gasteiger partial charge on any atom is -0.493 e. The van der Waals surface area contributed by atoms with E-state index in [0.717, 1.165) is 41.2 Å². The van der Waals surface area contributed by atoms with E-state index in [4.69, 9.17) is 18.6 Å². The molecule has 0 amide bonds. The number of carbonyl (C=O) groups is 1. The van der Waals surface area contributed by atoms with Crippen LogP contribution in [-0.4, -0.2) is 30.3 Å². The van der Waals surface area contributed by atoms with Crippen molar-refractivity contribution in [2.45, 2.75) is 45.8 Å². The van der Waals surface area contributed by atoms with Gasteiger partial charge in [-0.1, -0.05) is 30.3 Å². The molecule has 1 fully saturated rings. The first-order chi connectivity index (χ1) is 15.6. The molecule has 1 aliphatic heterocycles. The first-order valence-electron chi connectivity index (χ1n) is 11.1. The van der Waals surface area contributed by atoms with Crippen molar-refractivity contribution in [3.63, 3.8) is 0 Å². The molecule has 1 saturated heterocycles. The highest BCUT2D eigenvalue weighted by atomic mass is 16.5. The van der Waals surface area contributed by atoms with Crippen molar-refractivity contribution in [1.29, 1.82) is 0 Å². The number of aromatic nitrogens is 1. The van der Waals surface area contributed by atoms with Crippen LogP contribution in [0.5, 0.6) is 5.75 Å². The number of benzene rings is 2. The van der Waals surface area contributed by atoms with Crippen molar-refractivity contribution in [2.24, 2.45) is 5.92 Å². The Bertz CT molecular complexity index is 1010. The van der Waals surface area contributed by atoms with Crippen LogP contribution in [0.25, 0.3) is 11.5 Å². The number of nitrogens with zero attached hydrogens (tertiary/aromatic N) is 1. The van der Waals surface area contributed by atoms with E-state index in [1.54, 1.807) is 0 Å². The third-order valence-electron chi connectivity index (χ3n) is 5.64. The highest BCUT2D eigenvalue weighted by Crippen LogP contribution is 2.23. The zero-order valence-corrected chi connectivity index (χ0v) is 18.6.